The Morgan fingerprint density at radius 3 is 2.50 bits per heavy atom. The Hall–Kier alpha value is -2.02. The Morgan fingerprint density at radius 2 is 1.88 bits per heavy atom. The molecule has 2 N–H and O–H groups in total. The summed E-state index contributed by atoms with van der Waals surface area (Å²) in [7, 11) is 0. The van der Waals surface area contributed by atoms with Gasteiger partial charge in [0.15, 0.2) is 0 Å². The summed E-state index contributed by atoms with van der Waals surface area (Å²) >= 11 is 3.46. The van der Waals surface area contributed by atoms with Crippen molar-refractivity contribution in [3.63, 3.8) is 0 Å². The van der Waals surface area contributed by atoms with Gasteiger partial charge in [0.2, 0.25) is 0 Å². The molecule has 26 heavy (non-hydrogen) atoms. The fraction of sp³-hybridized carbons (Fsp3) is 0.474. The van der Waals surface area contributed by atoms with E-state index in [9.17, 15) is 9.59 Å². The minimum atomic E-state index is -0.494. The van der Waals surface area contributed by atoms with E-state index in [0.717, 1.165) is 10.0 Å². The standard InChI is InChI=1S/C19H26BrN3O3/c1-19(2,3)26-18(25)23-12-9-15(10-13-23)22-17(24)21-11-8-14-6-4-5-7-16(14)20/h4-8,11,15H,9-10,12-13H2,1-3H3,(H2,21,22,24)/b11-8+. The van der Waals surface area contributed by atoms with Gasteiger partial charge < -0.3 is 20.3 Å². The van der Waals surface area contributed by atoms with E-state index in [1.807, 2.05) is 51.1 Å². The first-order chi connectivity index (χ1) is 12.2. The Morgan fingerprint density at radius 1 is 1.23 bits per heavy atom. The molecule has 3 amide bonds. The molecule has 1 aromatic carbocycles. The predicted octanol–water partition coefficient (Wildman–Crippen LogP) is 4.12. The lowest BCUT2D eigenvalue weighted by atomic mass is 10.1. The van der Waals surface area contributed by atoms with Crippen molar-refractivity contribution in [1.29, 1.82) is 0 Å². The lowest BCUT2D eigenvalue weighted by Gasteiger charge is -2.33. The molecule has 7 heteroatoms. The van der Waals surface area contributed by atoms with Crippen molar-refractivity contribution in [3.8, 4) is 0 Å². The van der Waals surface area contributed by atoms with Crippen molar-refractivity contribution in [2.75, 3.05) is 13.1 Å². The molecule has 0 unspecified atom stereocenters. The van der Waals surface area contributed by atoms with Crippen LogP contribution in [0.5, 0.6) is 0 Å². The minimum absolute atomic E-state index is 0.0468. The normalized spacial score (nSPS) is 15.8. The molecule has 142 valence electrons. The Balaban J connectivity index is 1.73. The number of hydrogen-bond acceptors (Lipinski definition) is 3. The van der Waals surface area contributed by atoms with Gasteiger partial charge in [-0.2, -0.15) is 0 Å². The van der Waals surface area contributed by atoms with Gasteiger partial charge in [-0.3, -0.25) is 0 Å². The highest BCUT2D eigenvalue weighted by molar-refractivity contribution is 9.10. The molecule has 1 saturated heterocycles. The third kappa shape index (κ3) is 6.71. The molecule has 0 aliphatic carbocycles. The first kappa shape index (κ1) is 20.3. The van der Waals surface area contributed by atoms with Crippen molar-refractivity contribution >= 4 is 34.1 Å². The maximum absolute atomic E-state index is 12.0. The van der Waals surface area contributed by atoms with Crippen molar-refractivity contribution < 1.29 is 14.3 Å². The third-order valence-electron chi connectivity index (χ3n) is 3.86. The smallest absolute Gasteiger partial charge is 0.410 e. The molecule has 0 atom stereocenters. The van der Waals surface area contributed by atoms with Crippen LogP contribution in [0.15, 0.2) is 34.9 Å². The van der Waals surface area contributed by atoms with Gasteiger partial charge in [-0.15, -0.1) is 0 Å². The Kier molecular flexibility index (Phi) is 7.08. The molecule has 0 aromatic heterocycles. The van der Waals surface area contributed by atoms with Crippen LogP contribution in [-0.4, -0.2) is 41.8 Å². The van der Waals surface area contributed by atoms with Crippen LogP contribution in [0.25, 0.3) is 6.08 Å². The van der Waals surface area contributed by atoms with E-state index in [4.69, 9.17) is 4.74 Å². The maximum atomic E-state index is 12.0. The first-order valence-corrected chi connectivity index (χ1v) is 9.50. The monoisotopic (exact) mass is 423 g/mol. The number of benzene rings is 1. The molecule has 0 spiro atoms. The number of hydrogen-bond donors (Lipinski definition) is 2. The van der Waals surface area contributed by atoms with Crippen LogP contribution in [0.1, 0.15) is 39.2 Å². The second-order valence-corrected chi connectivity index (χ2v) is 8.07. The first-order valence-electron chi connectivity index (χ1n) is 8.70. The van der Waals surface area contributed by atoms with Crippen LogP contribution in [0.4, 0.5) is 9.59 Å². The molecule has 2 rings (SSSR count). The molecule has 0 bridgehead atoms. The third-order valence-corrected chi connectivity index (χ3v) is 4.59. The lowest BCUT2D eigenvalue weighted by molar-refractivity contribution is 0.0201. The van der Waals surface area contributed by atoms with Crippen LogP contribution in [0, 0.1) is 0 Å². The molecule has 1 fully saturated rings. The molecule has 1 aliphatic heterocycles. The zero-order valence-electron chi connectivity index (χ0n) is 15.4. The number of likely N-dealkylation sites (tertiary alicyclic amines) is 1. The number of carbonyl (C=O) groups excluding carboxylic acids is 2. The van der Waals surface area contributed by atoms with E-state index in [0.29, 0.717) is 25.9 Å². The number of amides is 3. The number of carbonyl (C=O) groups is 2. The quantitative estimate of drug-likeness (QED) is 0.767. The van der Waals surface area contributed by atoms with Gasteiger partial charge in [-0.05, 0) is 51.3 Å². The van der Waals surface area contributed by atoms with Crippen LogP contribution in [0.2, 0.25) is 0 Å². The number of ether oxygens (including phenoxy) is 1. The van der Waals surface area contributed by atoms with Crippen molar-refractivity contribution in [3.05, 3.63) is 40.5 Å². The zero-order valence-corrected chi connectivity index (χ0v) is 17.0. The van der Waals surface area contributed by atoms with E-state index in [1.54, 1.807) is 11.1 Å². The second kappa shape index (κ2) is 9.07. The highest BCUT2D eigenvalue weighted by atomic mass is 79.9. The molecule has 0 radical (unpaired) electrons. The van der Waals surface area contributed by atoms with Crippen molar-refractivity contribution in [2.45, 2.75) is 45.3 Å². The second-order valence-electron chi connectivity index (χ2n) is 7.21. The number of nitrogens with one attached hydrogen (secondary N) is 2. The van der Waals surface area contributed by atoms with Gasteiger partial charge in [0.1, 0.15) is 5.60 Å². The predicted molar refractivity (Wildman–Crippen MR) is 106 cm³/mol. The number of rotatable bonds is 3. The van der Waals surface area contributed by atoms with E-state index in [-0.39, 0.29) is 18.2 Å². The summed E-state index contributed by atoms with van der Waals surface area (Å²) in [6, 6.07) is 7.56. The van der Waals surface area contributed by atoms with E-state index in [1.165, 1.54) is 0 Å². The SMILES string of the molecule is CC(C)(C)OC(=O)N1CCC(NC(=O)N/C=C/c2ccccc2Br)CC1. The van der Waals surface area contributed by atoms with Gasteiger partial charge >= 0.3 is 12.1 Å². The molecule has 1 heterocycles. The molecule has 0 saturated carbocycles. The van der Waals surface area contributed by atoms with Crippen LogP contribution in [0.3, 0.4) is 0 Å². The summed E-state index contributed by atoms with van der Waals surface area (Å²) in [4.78, 5) is 25.7. The average Bonchev–Trinajstić information content (AvgIpc) is 2.55. The number of nitrogens with zero attached hydrogens (tertiary/aromatic N) is 1. The number of halogens is 1. The van der Waals surface area contributed by atoms with Gasteiger partial charge in [-0.25, -0.2) is 9.59 Å². The molecule has 1 aromatic rings. The molecular formula is C19H26BrN3O3. The average molecular weight is 424 g/mol. The molecule has 1 aliphatic rings. The number of urea groups is 1. The minimum Gasteiger partial charge on any atom is -0.444 e. The molecular weight excluding hydrogens is 398 g/mol. The van der Waals surface area contributed by atoms with E-state index >= 15 is 0 Å². The van der Waals surface area contributed by atoms with Crippen molar-refractivity contribution in [2.24, 2.45) is 0 Å². The van der Waals surface area contributed by atoms with Crippen LogP contribution < -0.4 is 10.6 Å². The summed E-state index contributed by atoms with van der Waals surface area (Å²) in [5, 5.41) is 5.65. The fourth-order valence-electron chi connectivity index (χ4n) is 2.58. The van der Waals surface area contributed by atoms with E-state index < -0.39 is 5.60 Å². The Bertz CT molecular complexity index is 662. The molecule has 6 nitrogen and oxygen atoms in total. The van der Waals surface area contributed by atoms with Crippen LogP contribution in [-0.2, 0) is 4.74 Å². The summed E-state index contributed by atoms with van der Waals surface area (Å²) in [5.74, 6) is 0. The van der Waals surface area contributed by atoms with Gasteiger partial charge in [0.05, 0.1) is 0 Å². The fourth-order valence-corrected chi connectivity index (χ4v) is 2.99. The number of piperidine rings is 1. The summed E-state index contributed by atoms with van der Waals surface area (Å²) < 4.78 is 6.34. The topological polar surface area (TPSA) is 70.7 Å². The summed E-state index contributed by atoms with van der Waals surface area (Å²) in [6.07, 6.45) is 4.57. The van der Waals surface area contributed by atoms with Gasteiger partial charge in [0, 0.05) is 29.8 Å². The van der Waals surface area contributed by atoms with Crippen molar-refractivity contribution in [1.82, 2.24) is 15.5 Å². The summed E-state index contributed by atoms with van der Waals surface area (Å²) in [6.45, 7) is 6.71. The Labute approximate surface area is 163 Å². The maximum Gasteiger partial charge on any atom is 0.410 e. The van der Waals surface area contributed by atoms with E-state index in [2.05, 4.69) is 26.6 Å². The van der Waals surface area contributed by atoms with Gasteiger partial charge in [-0.1, -0.05) is 34.1 Å². The highest BCUT2D eigenvalue weighted by Gasteiger charge is 2.27. The zero-order chi connectivity index (χ0) is 19.2. The largest absolute Gasteiger partial charge is 0.444 e. The highest BCUT2D eigenvalue weighted by Crippen LogP contribution is 2.17. The van der Waals surface area contributed by atoms with Crippen LogP contribution >= 0.6 is 15.9 Å². The summed E-state index contributed by atoms with van der Waals surface area (Å²) in [5.41, 5.74) is 0.491. The van der Waals surface area contributed by atoms with Gasteiger partial charge in [0.25, 0.3) is 0 Å². The lowest BCUT2D eigenvalue weighted by Crippen LogP contribution is -2.49.